The number of aliphatic carboxylic acids is 1. The van der Waals surface area contributed by atoms with Gasteiger partial charge in [-0.05, 0) is 48.2 Å². The Morgan fingerprint density at radius 2 is 1.68 bits per heavy atom. The number of carbonyl (C=O) groups excluding carboxylic acids is 1. The molecule has 0 fully saturated rings. The molecule has 1 aromatic heterocycles. The van der Waals surface area contributed by atoms with Gasteiger partial charge in [0.1, 0.15) is 11.4 Å². The fourth-order valence-electron chi connectivity index (χ4n) is 3.82. The first-order valence-electron chi connectivity index (χ1n) is 12.2. The van der Waals surface area contributed by atoms with E-state index in [1.54, 1.807) is 38.5 Å². The molecule has 4 aromatic rings. The average Bonchev–Trinajstić information content (AvgIpc) is 3.43. The van der Waals surface area contributed by atoms with Gasteiger partial charge in [0.2, 0.25) is 5.75 Å². The molecule has 0 saturated heterocycles. The van der Waals surface area contributed by atoms with E-state index in [1.165, 1.54) is 25.1 Å². The predicted molar refractivity (Wildman–Crippen MR) is 151 cm³/mol. The van der Waals surface area contributed by atoms with Gasteiger partial charge >= 0.3 is 11.1 Å². The van der Waals surface area contributed by atoms with Crippen molar-refractivity contribution >= 4 is 29.9 Å². The van der Waals surface area contributed by atoms with Crippen LogP contribution in [0.15, 0.2) is 77.0 Å². The van der Waals surface area contributed by atoms with Gasteiger partial charge in [-0.1, -0.05) is 30.3 Å². The van der Waals surface area contributed by atoms with Crippen molar-refractivity contribution in [2.75, 3.05) is 33.7 Å². The SMILES string of the molecule is COc1cc(-c2[nH]nc(SCC(=O)NN=Cc3ccccc3OCC(=O)O)[n+]2-c2ccccc2)cc(OC)c1OC. The molecule has 0 aliphatic heterocycles. The number of H-pyrrole nitrogens is 1. The number of ether oxygens (including phenoxy) is 4. The summed E-state index contributed by atoms with van der Waals surface area (Å²) in [6.45, 7) is -0.489. The highest BCUT2D eigenvalue weighted by molar-refractivity contribution is 7.99. The van der Waals surface area contributed by atoms with Crippen molar-refractivity contribution in [1.82, 2.24) is 15.6 Å². The van der Waals surface area contributed by atoms with Crippen LogP contribution in [0.3, 0.4) is 0 Å². The molecule has 3 N–H and O–H groups in total. The van der Waals surface area contributed by atoms with E-state index in [2.05, 4.69) is 20.7 Å². The van der Waals surface area contributed by atoms with Gasteiger partial charge in [-0.3, -0.25) is 4.79 Å². The van der Waals surface area contributed by atoms with Gasteiger partial charge in [-0.15, -0.1) is 5.10 Å². The Balaban J connectivity index is 1.54. The minimum Gasteiger partial charge on any atom is -0.493 e. The molecular weight excluding hydrogens is 550 g/mol. The molecule has 0 aliphatic carbocycles. The molecule has 13 heteroatoms. The second-order valence-corrected chi connectivity index (χ2v) is 9.18. The van der Waals surface area contributed by atoms with E-state index in [0.717, 1.165) is 11.3 Å². The number of hydrogen-bond acceptors (Lipinski definition) is 9. The van der Waals surface area contributed by atoms with Crippen molar-refractivity contribution in [2.24, 2.45) is 5.10 Å². The Morgan fingerprint density at radius 1 is 1.00 bits per heavy atom. The van der Waals surface area contributed by atoms with Crippen molar-refractivity contribution < 1.29 is 38.2 Å². The predicted octanol–water partition coefficient (Wildman–Crippen LogP) is 3.09. The molecule has 0 atom stereocenters. The number of amides is 1. The number of methoxy groups -OCH3 is 3. The molecule has 1 amide bonds. The third kappa shape index (κ3) is 7.13. The van der Waals surface area contributed by atoms with Crippen LogP contribution in [-0.4, -0.2) is 67.1 Å². The quantitative estimate of drug-likeness (QED) is 0.0942. The van der Waals surface area contributed by atoms with Gasteiger partial charge in [-0.25, -0.2) is 10.2 Å². The van der Waals surface area contributed by atoms with E-state index in [9.17, 15) is 9.59 Å². The molecule has 3 aromatic carbocycles. The monoisotopic (exact) mass is 578 g/mol. The summed E-state index contributed by atoms with van der Waals surface area (Å²) in [6.07, 6.45) is 1.39. The van der Waals surface area contributed by atoms with Gasteiger partial charge in [0.05, 0.1) is 44.0 Å². The lowest BCUT2D eigenvalue weighted by Crippen LogP contribution is -2.34. The zero-order chi connectivity index (χ0) is 29.2. The Kier molecular flexibility index (Phi) is 9.78. The summed E-state index contributed by atoms with van der Waals surface area (Å²) >= 11 is 1.21. The van der Waals surface area contributed by atoms with Crippen LogP contribution in [0.5, 0.6) is 23.0 Å². The van der Waals surface area contributed by atoms with E-state index in [1.807, 2.05) is 47.0 Å². The van der Waals surface area contributed by atoms with Crippen molar-refractivity contribution in [2.45, 2.75) is 5.16 Å². The third-order valence-electron chi connectivity index (χ3n) is 5.62. The van der Waals surface area contributed by atoms with Crippen LogP contribution in [0.4, 0.5) is 0 Å². The molecule has 1 heterocycles. The fraction of sp³-hybridized carbons (Fsp3) is 0.179. The maximum atomic E-state index is 12.6. The summed E-state index contributed by atoms with van der Waals surface area (Å²) < 4.78 is 23.6. The molecule has 0 aliphatic rings. The molecular formula is C28H28N5O7S+. The smallest absolute Gasteiger partial charge is 0.342 e. The standard InChI is InChI=1S/C28H27N5O7S/c1-37-22-13-19(14-23(38-2)26(22)39-3)27-31-32-28(33(27)20-10-5-4-6-11-20)41-17-24(34)30-29-15-18-9-7-8-12-21(18)40-16-25(35)36/h4-15H,16-17H2,1-3H3,(H2,30,34,35,36)/p+1. The highest BCUT2D eigenvalue weighted by Gasteiger charge is 2.27. The number of hydrogen-bond donors (Lipinski definition) is 3. The number of aromatic amines is 1. The van der Waals surface area contributed by atoms with Crippen LogP contribution in [0.2, 0.25) is 0 Å². The lowest BCUT2D eigenvalue weighted by molar-refractivity contribution is -0.625. The van der Waals surface area contributed by atoms with E-state index < -0.39 is 12.6 Å². The Morgan fingerprint density at radius 3 is 2.34 bits per heavy atom. The molecule has 0 spiro atoms. The van der Waals surface area contributed by atoms with Crippen LogP contribution in [-0.2, 0) is 9.59 Å². The summed E-state index contributed by atoms with van der Waals surface area (Å²) in [7, 11) is 4.63. The second kappa shape index (κ2) is 13.8. The van der Waals surface area contributed by atoms with E-state index in [-0.39, 0.29) is 11.7 Å². The van der Waals surface area contributed by atoms with Crippen LogP contribution in [0, 0.1) is 0 Å². The number of thioether (sulfide) groups is 1. The maximum absolute atomic E-state index is 12.6. The van der Waals surface area contributed by atoms with Crippen LogP contribution < -0.4 is 28.9 Å². The topological polar surface area (TPSA) is 148 Å². The molecule has 0 bridgehead atoms. The molecule has 4 rings (SSSR count). The van der Waals surface area contributed by atoms with Crippen molar-refractivity contribution in [3.8, 4) is 40.1 Å². The van der Waals surface area contributed by atoms with E-state index in [0.29, 0.717) is 39.5 Å². The summed E-state index contributed by atoms with van der Waals surface area (Å²) in [5.41, 5.74) is 4.54. The minimum atomic E-state index is -1.10. The maximum Gasteiger partial charge on any atom is 0.342 e. The molecule has 0 radical (unpaired) electrons. The lowest BCUT2D eigenvalue weighted by Gasteiger charge is -2.13. The largest absolute Gasteiger partial charge is 0.493 e. The number of nitrogens with one attached hydrogen (secondary N) is 2. The fourth-order valence-corrected chi connectivity index (χ4v) is 4.58. The number of carboxylic acid groups (broad SMARTS) is 1. The third-order valence-corrected chi connectivity index (χ3v) is 6.56. The first-order valence-corrected chi connectivity index (χ1v) is 13.2. The number of benzene rings is 3. The van der Waals surface area contributed by atoms with Crippen LogP contribution >= 0.6 is 11.8 Å². The number of rotatable bonds is 13. The summed E-state index contributed by atoms with van der Waals surface area (Å²) in [6, 6.07) is 20.0. The molecule has 12 nitrogen and oxygen atoms in total. The Bertz CT molecular complexity index is 1520. The zero-order valence-corrected chi connectivity index (χ0v) is 23.3. The van der Waals surface area contributed by atoms with Gasteiger partial charge in [0.25, 0.3) is 11.7 Å². The normalized spacial score (nSPS) is 10.8. The Labute approximate surface area is 239 Å². The Hall–Kier alpha value is -5.04. The van der Waals surface area contributed by atoms with Crippen LogP contribution in [0.1, 0.15) is 5.56 Å². The first-order chi connectivity index (χ1) is 19.9. The van der Waals surface area contributed by atoms with Gasteiger partial charge in [0, 0.05) is 5.56 Å². The summed E-state index contributed by atoms with van der Waals surface area (Å²) in [4.78, 5) is 23.4. The summed E-state index contributed by atoms with van der Waals surface area (Å²) in [5.74, 6) is 0.952. The summed E-state index contributed by atoms with van der Waals surface area (Å²) in [5, 5.41) is 20.9. The number of aromatic nitrogens is 3. The molecule has 0 unspecified atom stereocenters. The number of carboxylic acids is 1. The van der Waals surface area contributed by atoms with Gasteiger partial charge < -0.3 is 24.1 Å². The lowest BCUT2D eigenvalue weighted by atomic mass is 10.1. The minimum absolute atomic E-state index is 0.0148. The van der Waals surface area contributed by atoms with Gasteiger partial charge in [0.15, 0.2) is 18.1 Å². The van der Waals surface area contributed by atoms with Crippen molar-refractivity contribution in [3.05, 3.63) is 72.3 Å². The van der Waals surface area contributed by atoms with Crippen molar-refractivity contribution in [3.63, 3.8) is 0 Å². The number of carbonyl (C=O) groups is 2. The molecule has 0 saturated carbocycles. The van der Waals surface area contributed by atoms with Gasteiger partial charge in [-0.2, -0.15) is 9.67 Å². The first kappa shape index (κ1) is 29.0. The van der Waals surface area contributed by atoms with E-state index >= 15 is 0 Å². The molecule has 41 heavy (non-hydrogen) atoms. The van der Waals surface area contributed by atoms with Crippen molar-refractivity contribution in [1.29, 1.82) is 0 Å². The second-order valence-electron chi connectivity index (χ2n) is 8.24. The zero-order valence-electron chi connectivity index (χ0n) is 22.5. The number of hydrazone groups is 1. The van der Waals surface area contributed by atoms with E-state index in [4.69, 9.17) is 24.1 Å². The average molecular weight is 579 g/mol. The molecule has 212 valence electrons. The number of nitrogens with zero attached hydrogens (tertiary/aromatic N) is 3. The highest BCUT2D eigenvalue weighted by atomic mass is 32.2. The van der Waals surface area contributed by atoms with Crippen LogP contribution in [0.25, 0.3) is 17.1 Å². The highest BCUT2D eigenvalue weighted by Crippen LogP contribution is 2.40. The number of para-hydroxylation sites is 2.